The number of nitrogens with zero attached hydrogens (tertiary/aromatic N) is 1. The number of carbonyl (C=O) groups excluding carboxylic acids is 2. The highest BCUT2D eigenvalue weighted by molar-refractivity contribution is 6.18. The van der Waals surface area contributed by atoms with Crippen LogP contribution in [0.1, 0.15) is 19.6 Å². The standard InChI is InChI=1S/C17H13NO7/c1-17(2)24-15(19)13(16(20)25-17)9-12-7-8-14(23-12)10-3-5-11(6-4-10)18(21)22/h3-9H,1-2H3. The van der Waals surface area contributed by atoms with Gasteiger partial charge in [0.05, 0.1) is 4.92 Å². The number of non-ortho nitro benzene ring substituents is 1. The summed E-state index contributed by atoms with van der Waals surface area (Å²) in [5, 5.41) is 10.7. The van der Waals surface area contributed by atoms with Crippen LogP contribution in [0.15, 0.2) is 46.4 Å². The number of nitro groups is 1. The zero-order valence-electron chi connectivity index (χ0n) is 13.3. The number of esters is 2. The lowest BCUT2D eigenvalue weighted by atomic mass is 10.1. The van der Waals surface area contributed by atoms with E-state index < -0.39 is 22.6 Å². The Morgan fingerprint density at radius 2 is 1.60 bits per heavy atom. The van der Waals surface area contributed by atoms with E-state index >= 15 is 0 Å². The third-order valence-corrected chi connectivity index (χ3v) is 3.39. The molecule has 0 atom stereocenters. The number of cyclic esters (lactones) is 2. The quantitative estimate of drug-likeness (QED) is 0.277. The predicted octanol–water partition coefficient (Wildman–Crippen LogP) is 3.07. The van der Waals surface area contributed by atoms with Crippen molar-refractivity contribution in [3.63, 3.8) is 0 Å². The molecule has 0 aliphatic carbocycles. The Hall–Kier alpha value is -3.42. The van der Waals surface area contributed by atoms with Gasteiger partial charge < -0.3 is 13.9 Å². The molecular formula is C17H13NO7. The molecule has 2 aromatic rings. The molecule has 0 radical (unpaired) electrons. The molecule has 1 aliphatic heterocycles. The molecule has 1 fully saturated rings. The van der Waals surface area contributed by atoms with Crippen LogP contribution in [0.4, 0.5) is 5.69 Å². The van der Waals surface area contributed by atoms with Gasteiger partial charge >= 0.3 is 11.9 Å². The zero-order chi connectivity index (χ0) is 18.2. The van der Waals surface area contributed by atoms with Gasteiger partial charge in [0.1, 0.15) is 17.1 Å². The Bertz CT molecular complexity index is 868. The summed E-state index contributed by atoms with van der Waals surface area (Å²) in [6, 6.07) is 8.97. The SMILES string of the molecule is CC1(C)OC(=O)C(=Cc2ccc(-c3ccc([N+](=O)[O-])cc3)o2)C(=O)O1. The van der Waals surface area contributed by atoms with Crippen molar-refractivity contribution >= 4 is 23.7 Å². The van der Waals surface area contributed by atoms with Crippen molar-refractivity contribution in [3.8, 4) is 11.3 Å². The lowest BCUT2D eigenvalue weighted by molar-refractivity contribution is -0.384. The average Bonchev–Trinajstić information content (AvgIpc) is 2.99. The molecule has 0 N–H and O–H groups in total. The minimum atomic E-state index is -1.31. The molecular weight excluding hydrogens is 330 g/mol. The summed E-state index contributed by atoms with van der Waals surface area (Å²) in [5.41, 5.74) is 0.307. The lowest BCUT2D eigenvalue weighted by Crippen LogP contribution is -2.41. The van der Waals surface area contributed by atoms with Gasteiger partial charge in [-0.3, -0.25) is 10.1 Å². The van der Waals surface area contributed by atoms with Gasteiger partial charge in [-0.1, -0.05) is 0 Å². The first kappa shape index (κ1) is 16.4. The first-order valence-corrected chi connectivity index (χ1v) is 7.28. The maximum absolute atomic E-state index is 11.9. The summed E-state index contributed by atoms with van der Waals surface area (Å²) in [4.78, 5) is 34.0. The van der Waals surface area contributed by atoms with Crippen molar-refractivity contribution in [2.24, 2.45) is 0 Å². The minimum absolute atomic E-state index is 0.0343. The van der Waals surface area contributed by atoms with Crippen LogP contribution in [0.25, 0.3) is 17.4 Å². The highest BCUT2D eigenvalue weighted by Crippen LogP contribution is 2.28. The fraction of sp³-hybridized carbons (Fsp3) is 0.176. The van der Waals surface area contributed by atoms with E-state index in [4.69, 9.17) is 13.9 Å². The average molecular weight is 343 g/mol. The molecule has 0 bridgehead atoms. The van der Waals surface area contributed by atoms with E-state index in [1.807, 2.05) is 0 Å². The van der Waals surface area contributed by atoms with Crippen LogP contribution in [0, 0.1) is 10.1 Å². The molecule has 128 valence electrons. The number of rotatable bonds is 3. The van der Waals surface area contributed by atoms with E-state index in [9.17, 15) is 19.7 Å². The summed E-state index contributed by atoms with van der Waals surface area (Å²) in [6.07, 6.45) is 1.23. The van der Waals surface area contributed by atoms with Crippen molar-refractivity contribution in [2.75, 3.05) is 0 Å². The highest BCUT2D eigenvalue weighted by Gasteiger charge is 2.39. The summed E-state index contributed by atoms with van der Waals surface area (Å²) in [5.74, 6) is -2.22. The number of nitro benzene ring substituents is 1. The summed E-state index contributed by atoms with van der Waals surface area (Å²) < 4.78 is 15.6. The molecule has 1 saturated heterocycles. The molecule has 25 heavy (non-hydrogen) atoms. The van der Waals surface area contributed by atoms with Crippen LogP contribution in [-0.4, -0.2) is 22.6 Å². The molecule has 1 aliphatic rings. The Morgan fingerprint density at radius 1 is 1.00 bits per heavy atom. The maximum atomic E-state index is 11.9. The number of furan rings is 1. The molecule has 0 unspecified atom stereocenters. The molecule has 3 rings (SSSR count). The van der Waals surface area contributed by atoms with Gasteiger partial charge in [-0.2, -0.15) is 0 Å². The molecule has 1 aromatic carbocycles. The molecule has 0 amide bonds. The Labute approximate surface area is 141 Å². The van der Waals surface area contributed by atoms with Crippen molar-refractivity contribution in [3.05, 3.63) is 57.8 Å². The summed E-state index contributed by atoms with van der Waals surface area (Å²) in [6.45, 7) is 2.92. The van der Waals surface area contributed by atoms with Crippen molar-refractivity contribution in [2.45, 2.75) is 19.6 Å². The molecule has 2 heterocycles. The van der Waals surface area contributed by atoms with Crippen molar-refractivity contribution in [1.29, 1.82) is 0 Å². The Morgan fingerprint density at radius 3 is 2.16 bits per heavy atom. The van der Waals surface area contributed by atoms with Crippen LogP contribution in [-0.2, 0) is 19.1 Å². The highest BCUT2D eigenvalue weighted by atomic mass is 16.7. The van der Waals surface area contributed by atoms with E-state index in [2.05, 4.69) is 0 Å². The normalized spacial score (nSPS) is 16.2. The Kier molecular flexibility index (Phi) is 3.88. The first-order valence-electron chi connectivity index (χ1n) is 7.28. The maximum Gasteiger partial charge on any atom is 0.348 e. The largest absolute Gasteiger partial charge is 0.457 e. The van der Waals surface area contributed by atoms with E-state index in [1.165, 1.54) is 32.1 Å². The van der Waals surface area contributed by atoms with E-state index in [1.54, 1.807) is 24.3 Å². The molecule has 1 aromatic heterocycles. The van der Waals surface area contributed by atoms with Gasteiger partial charge in [0.15, 0.2) is 0 Å². The Balaban J connectivity index is 1.85. The van der Waals surface area contributed by atoms with Gasteiger partial charge in [-0.25, -0.2) is 9.59 Å². The van der Waals surface area contributed by atoms with Crippen LogP contribution in [0.5, 0.6) is 0 Å². The molecule has 0 spiro atoms. The van der Waals surface area contributed by atoms with Crippen LogP contribution in [0.3, 0.4) is 0 Å². The van der Waals surface area contributed by atoms with Crippen molar-refractivity contribution in [1.82, 2.24) is 0 Å². The fourth-order valence-corrected chi connectivity index (χ4v) is 2.25. The third kappa shape index (κ3) is 3.42. The van der Waals surface area contributed by atoms with Gasteiger partial charge in [0.2, 0.25) is 0 Å². The molecule has 8 nitrogen and oxygen atoms in total. The van der Waals surface area contributed by atoms with Crippen LogP contribution < -0.4 is 0 Å². The minimum Gasteiger partial charge on any atom is -0.457 e. The zero-order valence-corrected chi connectivity index (χ0v) is 13.3. The monoisotopic (exact) mass is 343 g/mol. The van der Waals surface area contributed by atoms with E-state index in [0.29, 0.717) is 11.3 Å². The second-order valence-electron chi connectivity index (χ2n) is 5.74. The number of benzene rings is 1. The summed E-state index contributed by atoms with van der Waals surface area (Å²) >= 11 is 0. The number of carbonyl (C=O) groups is 2. The van der Waals surface area contributed by atoms with E-state index in [-0.39, 0.29) is 17.0 Å². The number of hydrogen-bond acceptors (Lipinski definition) is 7. The second kappa shape index (κ2) is 5.90. The summed E-state index contributed by atoms with van der Waals surface area (Å²) in [7, 11) is 0. The molecule has 8 heteroatoms. The van der Waals surface area contributed by atoms with Gasteiger partial charge in [-0.05, 0) is 24.3 Å². The fourth-order valence-electron chi connectivity index (χ4n) is 2.25. The smallest absolute Gasteiger partial charge is 0.348 e. The van der Waals surface area contributed by atoms with Gasteiger partial charge in [0.25, 0.3) is 11.5 Å². The van der Waals surface area contributed by atoms with Crippen molar-refractivity contribution < 1.29 is 28.4 Å². The number of hydrogen-bond donors (Lipinski definition) is 0. The molecule has 0 saturated carbocycles. The lowest BCUT2D eigenvalue weighted by Gasteiger charge is -2.29. The first-order chi connectivity index (χ1) is 11.7. The topological polar surface area (TPSA) is 109 Å². The van der Waals surface area contributed by atoms with Crippen LogP contribution >= 0.6 is 0 Å². The second-order valence-corrected chi connectivity index (χ2v) is 5.74. The van der Waals surface area contributed by atoms with E-state index in [0.717, 1.165) is 0 Å². The number of ether oxygens (including phenoxy) is 2. The third-order valence-electron chi connectivity index (χ3n) is 3.39. The van der Waals surface area contributed by atoms with Gasteiger partial charge in [0, 0.05) is 37.6 Å². The van der Waals surface area contributed by atoms with Crippen LogP contribution in [0.2, 0.25) is 0 Å². The predicted molar refractivity (Wildman–Crippen MR) is 85.0 cm³/mol. The van der Waals surface area contributed by atoms with Gasteiger partial charge in [-0.15, -0.1) is 0 Å².